The van der Waals surface area contributed by atoms with Crippen molar-refractivity contribution in [3.8, 4) is 0 Å². The van der Waals surface area contributed by atoms with Crippen molar-refractivity contribution in [1.82, 2.24) is 15.0 Å². The summed E-state index contributed by atoms with van der Waals surface area (Å²) in [5.74, 6) is 6.57. The van der Waals surface area contributed by atoms with Crippen LogP contribution in [0.1, 0.15) is 18.9 Å². The molecule has 106 valence electrons. The zero-order valence-corrected chi connectivity index (χ0v) is 12.8. The molecule has 1 heterocycles. The molecule has 0 saturated carbocycles. The van der Waals surface area contributed by atoms with E-state index in [0.29, 0.717) is 5.95 Å². The number of nitrogens with two attached hydrogens (primary N) is 2. The third-order valence-corrected chi connectivity index (χ3v) is 3.58. The maximum absolute atomic E-state index is 6.01. The molecule has 0 saturated heterocycles. The fourth-order valence-corrected chi connectivity index (χ4v) is 2.05. The molecule has 0 aliphatic rings. The molecule has 1 aromatic heterocycles. The van der Waals surface area contributed by atoms with Gasteiger partial charge in [0.2, 0.25) is 11.9 Å². The summed E-state index contributed by atoms with van der Waals surface area (Å²) in [6.07, 6.45) is 3.19. The molecular weight excluding hydrogens is 320 g/mol. The fourth-order valence-electron chi connectivity index (χ4n) is 1.79. The molecule has 4 N–H and O–H groups in total. The van der Waals surface area contributed by atoms with Crippen molar-refractivity contribution in [2.75, 3.05) is 10.7 Å². The van der Waals surface area contributed by atoms with E-state index in [1.807, 2.05) is 19.1 Å². The van der Waals surface area contributed by atoms with Crippen molar-refractivity contribution in [3.05, 3.63) is 40.6 Å². The van der Waals surface area contributed by atoms with Crippen molar-refractivity contribution in [2.45, 2.75) is 25.8 Å². The number of aryl methyl sites for hydroxylation is 1. The van der Waals surface area contributed by atoms with E-state index in [-0.39, 0.29) is 12.0 Å². The molecule has 0 aliphatic heterocycles. The minimum absolute atomic E-state index is 0.0976. The SMILES string of the molecule is CC(CCc1ccc(Br)cc1)N(N)c1ncnc(N)n1. The van der Waals surface area contributed by atoms with Crippen molar-refractivity contribution in [2.24, 2.45) is 5.84 Å². The number of hydrazine groups is 1. The zero-order chi connectivity index (χ0) is 14.5. The van der Waals surface area contributed by atoms with Crippen LogP contribution in [0.4, 0.5) is 11.9 Å². The van der Waals surface area contributed by atoms with Gasteiger partial charge in [0.15, 0.2) is 0 Å². The predicted molar refractivity (Wildman–Crippen MR) is 82.8 cm³/mol. The first kappa shape index (κ1) is 14.7. The molecule has 20 heavy (non-hydrogen) atoms. The average molecular weight is 337 g/mol. The molecule has 1 unspecified atom stereocenters. The van der Waals surface area contributed by atoms with Crippen LogP contribution in [-0.2, 0) is 6.42 Å². The van der Waals surface area contributed by atoms with Crippen LogP contribution < -0.4 is 16.6 Å². The first-order chi connectivity index (χ1) is 9.56. The Kier molecular flexibility index (Phi) is 4.86. The Labute approximate surface area is 126 Å². The summed E-state index contributed by atoms with van der Waals surface area (Å²) in [5, 5.41) is 1.52. The number of hydrogen-bond donors (Lipinski definition) is 2. The van der Waals surface area contributed by atoms with E-state index in [2.05, 4.69) is 43.0 Å². The molecule has 7 heteroatoms. The third kappa shape index (κ3) is 3.88. The van der Waals surface area contributed by atoms with Crippen LogP contribution in [0.25, 0.3) is 0 Å². The van der Waals surface area contributed by atoms with E-state index >= 15 is 0 Å². The summed E-state index contributed by atoms with van der Waals surface area (Å²) < 4.78 is 1.08. The van der Waals surface area contributed by atoms with Crippen LogP contribution in [0.5, 0.6) is 0 Å². The number of nitrogens with zero attached hydrogens (tertiary/aromatic N) is 4. The Morgan fingerprint density at radius 3 is 2.60 bits per heavy atom. The monoisotopic (exact) mass is 336 g/mol. The highest BCUT2D eigenvalue weighted by Crippen LogP contribution is 2.15. The number of hydrogen-bond acceptors (Lipinski definition) is 6. The Balaban J connectivity index is 1.94. The lowest BCUT2D eigenvalue weighted by molar-refractivity contribution is 0.588. The second-order valence-corrected chi connectivity index (χ2v) is 5.48. The summed E-state index contributed by atoms with van der Waals surface area (Å²) in [5.41, 5.74) is 6.79. The third-order valence-electron chi connectivity index (χ3n) is 3.05. The lowest BCUT2D eigenvalue weighted by Crippen LogP contribution is -2.41. The minimum Gasteiger partial charge on any atom is -0.368 e. The van der Waals surface area contributed by atoms with E-state index in [0.717, 1.165) is 17.3 Å². The largest absolute Gasteiger partial charge is 0.368 e. The van der Waals surface area contributed by atoms with Gasteiger partial charge in [-0.2, -0.15) is 9.97 Å². The minimum atomic E-state index is 0.0976. The molecular formula is C13H17BrN6. The molecule has 1 atom stereocenters. The molecule has 2 aromatic rings. The zero-order valence-electron chi connectivity index (χ0n) is 11.2. The van der Waals surface area contributed by atoms with E-state index in [1.54, 1.807) is 0 Å². The highest BCUT2D eigenvalue weighted by Gasteiger charge is 2.13. The predicted octanol–water partition coefficient (Wildman–Crippen LogP) is 1.92. The van der Waals surface area contributed by atoms with Crippen LogP contribution in [-0.4, -0.2) is 21.0 Å². The number of aromatic nitrogens is 3. The molecule has 0 fully saturated rings. The molecule has 1 aromatic carbocycles. The Morgan fingerprint density at radius 2 is 1.95 bits per heavy atom. The number of nitrogen functional groups attached to an aromatic ring is 1. The Hall–Kier alpha value is -1.73. The molecule has 0 amide bonds. The number of halogens is 1. The maximum atomic E-state index is 6.01. The lowest BCUT2D eigenvalue weighted by Gasteiger charge is -2.23. The topological polar surface area (TPSA) is 94.0 Å². The van der Waals surface area contributed by atoms with E-state index in [4.69, 9.17) is 11.6 Å². The first-order valence-corrected chi connectivity index (χ1v) is 7.08. The second-order valence-electron chi connectivity index (χ2n) is 4.57. The molecule has 0 aliphatic carbocycles. The average Bonchev–Trinajstić information content (AvgIpc) is 2.45. The van der Waals surface area contributed by atoms with Gasteiger partial charge in [0, 0.05) is 10.5 Å². The lowest BCUT2D eigenvalue weighted by atomic mass is 10.1. The summed E-state index contributed by atoms with van der Waals surface area (Å²) in [7, 11) is 0. The number of rotatable bonds is 5. The van der Waals surface area contributed by atoms with Gasteiger partial charge in [0.25, 0.3) is 0 Å². The Morgan fingerprint density at radius 1 is 1.25 bits per heavy atom. The van der Waals surface area contributed by atoms with Gasteiger partial charge in [-0.15, -0.1) is 0 Å². The first-order valence-electron chi connectivity index (χ1n) is 6.29. The van der Waals surface area contributed by atoms with E-state index in [9.17, 15) is 0 Å². The van der Waals surface area contributed by atoms with E-state index in [1.165, 1.54) is 16.9 Å². The van der Waals surface area contributed by atoms with Gasteiger partial charge in [0.05, 0.1) is 0 Å². The Bertz CT molecular complexity index is 559. The van der Waals surface area contributed by atoms with Crippen LogP contribution in [0, 0.1) is 0 Å². The van der Waals surface area contributed by atoms with Gasteiger partial charge in [-0.3, -0.25) is 5.01 Å². The molecule has 2 rings (SSSR count). The molecule has 0 bridgehead atoms. The maximum Gasteiger partial charge on any atom is 0.244 e. The second kappa shape index (κ2) is 6.62. The quantitative estimate of drug-likeness (QED) is 0.639. The van der Waals surface area contributed by atoms with Gasteiger partial charge in [0.1, 0.15) is 6.33 Å². The summed E-state index contributed by atoms with van der Waals surface area (Å²) >= 11 is 3.42. The summed E-state index contributed by atoms with van der Waals surface area (Å²) in [6, 6.07) is 8.36. The van der Waals surface area contributed by atoms with Crippen molar-refractivity contribution in [3.63, 3.8) is 0 Å². The van der Waals surface area contributed by atoms with Crippen LogP contribution >= 0.6 is 15.9 Å². The normalized spacial score (nSPS) is 12.2. The van der Waals surface area contributed by atoms with Gasteiger partial charge in [-0.25, -0.2) is 10.8 Å². The van der Waals surface area contributed by atoms with Crippen LogP contribution in [0.2, 0.25) is 0 Å². The molecule has 0 radical (unpaired) electrons. The van der Waals surface area contributed by atoms with Crippen molar-refractivity contribution < 1.29 is 0 Å². The number of anilines is 2. The highest BCUT2D eigenvalue weighted by atomic mass is 79.9. The molecule has 0 spiro atoms. The highest BCUT2D eigenvalue weighted by molar-refractivity contribution is 9.10. The van der Waals surface area contributed by atoms with Crippen LogP contribution in [0.15, 0.2) is 35.1 Å². The smallest absolute Gasteiger partial charge is 0.244 e. The van der Waals surface area contributed by atoms with Crippen molar-refractivity contribution >= 4 is 27.8 Å². The van der Waals surface area contributed by atoms with Crippen molar-refractivity contribution in [1.29, 1.82) is 0 Å². The van der Waals surface area contributed by atoms with E-state index < -0.39 is 0 Å². The van der Waals surface area contributed by atoms with Gasteiger partial charge >= 0.3 is 0 Å². The van der Waals surface area contributed by atoms with Gasteiger partial charge in [-0.05, 0) is 37.5 Å². The standard InChI is InChI=1S/C13H17BrN6/c1-9(2-3-10-4-6-11(14)7-5-10)20(16)13-18-8-17-12(15)19-13/h4-9H,2-3,16H2,1H3,(H2,15,17,18,19). The summed E-state index contributed by atoms with van der Waals surface area (Å²) in [6.45, 7) is 2.03. The van der Waals surface area contributed by atoms with Gasteiger partial charge < -0.3 is 5.73 Å². The van der Waals surface area contributed by atoms with Gasteiger partial charge in [-0.1, -0.05) is 28.1 Å². The van der Waals surface area contributed by atoms with Crippen LogP contribution in [0.3, 0.4) is 0 Å². The molecule has 6 nitrogen and oxygen atoms in total. The fraction of sp³-hybridized carbons (Fsp3) is 0.308. The summed E-state index contributed by atoms with van der Waals surface area (Å²) in [4.78, 5) is 11.8. The number of benzene rings is 1.